The number of hydrogen-bond donors (Lipinski definition) is 1. The first kappa shape index (κ1) is 15.8. The first-order valence-corrected chi connectivity index (χ1v) is 9.07. The fourth-order valence-electron chi connectivity index (χ4n) is 4.53. The molecule has 1 aliphatic carbocycles. The molecule has 1 aromatic heterocycles. The van der Waals surface area contributed by atoms with Gasteiger partial charge in [-0.3, -0.25) is 9.88 Å². The van der Waals surface area contributed by atoms with Crippen molar-refractivity contribution in [3.05, 3.63) is 66.0 Å². The average molecular weight is 322 g/mol. The summed E-state index contributed by atoms with van der Waals surface area (Å²) in [5.41, 5.74) is 2.12. The van der Waals surface area contributed by atoms with Crippen molar-refractivity contribution in [2.24, 2.45) is 5.41 Å². The summed E-state index contributed by atoms with van der Waals surface area (Å²) in [4.78, 5) is 6.77. The van der Waals surface area contributed by atoms with Gasteiger partial charge in [0.25, 0.3) is 0 Å². The lowest BCUT2D eigenvalue weighted by Gasteiger charge is -2.42. The van der Waals surface area contributed by atoms with Crippen molar-refractivity contribution in [3.63, 3.8) is 0 Å². The highest BCUT2D eigenvalue weighted by atomic mass is 16.3. The zero-order valence-electron chi connectivity index (χ0n) is 14.2. The van der Waals surface area contributed by atoms with Gasteiger partial charge in [-0.2, -0.15) is 0 Å². The summed E-state index contributed by atoms with van der Waals surface area (Å²) in [6.07, 6.45) is 8.82. The van der Waals surface area contributed by atoms with Gasteiger partial charge in [0.2, 0.25) is 0 Å². The minimum atomic E-state index is -0.674. The number of rotatable bonds is 3. The summed E-state index contributed by atoms with van der Waals surface area (Å²) in [5, 5.41) is 11.0. The van der Waals surface area contributed by atoms with Crippen molar-refractivity contribution in [3.8, 4) is 0 Å². The van der Waals surface area contributed by atoms with E-state index >= 15 is 0 Å². The van der Waals surface area contributed by atoms with Gasteiger partial charge in [0.05, 0.1) is 5.60 Å². The van der Waals surface area contributed by atoms with Crippen LogP contribution in [0.1, 0.15) is 43.2 Å². The van der Waals surface area contributed by atoms with Gasteiger partial charge in [-0.05, 0) is 55.7 Å². The highest BCUT2D eigenvalue weighted by Crippen LogP contribution is 2.50. The van der Waals surface area contributed by atoms with E-state index in [2.05, 4.69) is 40.2 Å². The van der Waals surface area contributed by atoms with Crippen LogP contribution in [-0.4, -0.2) is 28.1 Å². The van der Waals surface area contributed by atoms with E-state index in [1.54, 1.807) is 6.20 Å². The van der Waals surface area contributed by atoms with Crippen LogP contribution in [0.25, 0.3) is 0 Å². The fourth-order valence-corrected chi connectivity index (χ4v) is 4.53. The van der Waals surface area contributed by atoms with Crippen LogP contribution >= 0.6 is 0 Å². The third-order valence-corrected chi connectivity index (χ3v) is 6.10. The van der Waals surface area contributed by atoms with Crippen molar-refractivity contribution in [1.29, 1.82) is 0 Å². The van der Waals surface area contributed by atoms with E-state index in [-0.39, 0.29) is 0 Å². The molecule has 1 saturated carbocycles. The fraction of sp³-hybridized carbons (Fsp3) is 0.476. The Kier molecular flexibility index (Phi) is 4.15. The number of pyridine rings is 1. The second-order valence-corrected chi connectivity index (χ2v) is 7.72. The molecule has 3 nitrogen and oxygen atoms in total. The van der Waals surface area contributed by atoms with Crippen molar-refractivity contribution in [2.45, 2.75) is 44.2 Å². The van der Waals surface area contributed by atoms with E-state index < -0.39 is 5.60 Å². The van der Waals surface area contributed by atoms with Crippen LogP contribution in [0.2, 0.25) is 0 Å². The van der Waals surface area contributed by atoms with E-state index in [0.717, 1.165) is 37.8 Å². The van der Waals surface area contributed by atoms with Gasteiger partial charge in [0.15, 0.2) is 0 Å². The number of hydrogen-bond acceptors (Lipinski definition) is 3. The smallest absolute Gasteiger partial charge is 0.0911 e. The lowest BCUT2D eigenvalue weighted by molar-refractivity contribution is -0.0370. The van der Waals surface area contributed by atoms with Gasteiger partial charge in [-0.25, -0.2) is 0 Å². The van der Waals surface area contributed by atoms with E-state index in [4.69, 9.17) is 0 Å². The van der Waals surface area contributed by atoms with Gasteiger partial charge in [-0.15, -0.1) is 0 Å². The van der Waals surface area contributed by atoms with Crippen molar-refractivity contribution < 1.29 is 5.11 Å². The number of benzene rings is 1. The monoisotopic (exact) mass is 322 g/mol. The molecule has 0 unspecified atom stereocenters. The summed E-state index contributed by atoms with van der Waals surface area (Å²) in [7, 11) is 0. The van der Waals surface area contributed by atoms with Crippen LogP contribution in [0.4, 0.5) is 0 Å². The quantitative estimate of drug-likeness (QED) is 0.935. The number of aliphatic hydroxyl groups is 1. The third-order valence-electron chi connectivity index (χ3n) is 6.10. The number of aromatic nitrogens is 1. The van der Waals surface area contributed by atoms with E-state index in [1.165, 1.54) is 25.1 Å². The summed E-state index contributed by atoms with van der Waals surface area (Å²) < 4.78 is 0. The average Bonchev–Trinajstić information content (AvgIpc) is 3.02. The Balaban J connectivity index is 1.39. The molecule has 0 amide bonds. The predicted molar refractivity (Wildman–Crippen MR) is 95.4 cm³/mol. The molecule has 2 fully saturated rings. The van der Waals surface area contributed by atoms with Crippen LogP contribution in [-0.2, 0) is 12.1 Å². The molecule has 0 atom stereocenters. The summed E-state index contributed by atoms with van der Waals surface area (Å²) >= 11 is 0. The van der Waals surface area contributed by atoms with E-state index in [0.29, 0.717) is 5.41 Å². The molecule has 24 heavy (non-hydrogen) atoms. The molecular weight excluding hydrogens is 296 g/mol. The molecule has 1 aromatic carbocycles. The molecular formula is C21H26N2O. The zero-order valence-corrected chi connectivity index (χ0v) is 14.2. The van der Waals surface area contributed by atoms with Gasteiger partial charge in [0, 0.05) is 31.0 Å². The van der Waals surface area contributed by atoms with E-state index in [1.807, 2.05) is 18.3 Å². The van der Waals surface area contributed by atoms with E-state index in [9.17, 15) is 5.11 Å². The molecule has 1 saturated heterocycles. The normalized spacial score (nSPS) is 30.7. The Hall–Kier alpha value is -1.71. The van der Waals surface area contributed by atoms with Crippen LogP contribution in [0.15, 0.2) is 54.9 Å². The molecule has 0 radical (unpaired) electrons. The highest BCUT2D eigenvalue weighted by Gasteiger charge is 2.45. The molecule has 1 N–H and O–H groups in total. The van der Waals surface area contributed by atoms with Gasteiger partial charge in [0.1, 0.15) is 0 Å². The maximum Gasteiger partial charge on any atom is 0.0911 e. The number of nitrogens with zero attached hydrogens (tertiary/aromatic N) is 2. The molecule has 4 rings (SSSR count). The Bertz CT molecular complexity index is 663. The van der Waals surface area contributed by atoms with Crippen LogP contribution in [0, 0.1) is 5.41 Å². The standard InChI is InChI=1S/C21H26N2O/c24-21(19-7-4-13-22-15-19)10-8-20(9-11-21)12-14-23(17-20)16-18-5-2-1-3-6-18/h1-7,13,15,24H,8-12,14,16-17H2. The first-order valence-electron chi connectivity index (χ1n) is 9.07. The molecule has 2 aliphatic rings. The van der Waals surface area contributed by atoms with Crippen LogP contribution < -0.4 is 0 Å². The molecule has 2 heterocycles. The van der Waals surface area contributed by atoms with Crippen molar-refractivity contribution in [2.75, 3.05) is 13.1 Å². The van der Waals surface area contributed by atoms with Gasteiger partial charge >= 0.3 is 0 Å². The maximum absolute atomic E-state index is 11.0. The Labute approximate surface area is 144 Å². The summed E-state index contributed by atoms with van der Waals surface area (Å²) in [6, 6.07) is 14.7. The SMILES string of the molecule is OC1(c2cccnc2)CCC2(CCN(Cc3ccccc3)C2)CC1. The predicted octanol–water partition coefficient (Wildman–Crippen LogP) is 3.74. The van der Waals surface area contributed by atoms with Crippen LogP contribution in [0.5, 0.6) is 0 Å². The van der Waals surface area contributed by atoms with Crippen molar-refractivity contribution >= 4 is 0 Å². The van der Waals surface area contributed by atoms with Crippen molar-refractivity contribution in [1.82, 2.24) is 9.88 Å². The zero-order chi connectivity index (χ0) is 16.5. The lowest BCUT2D eigenvalue weighted by Crippen LogP contribution is -2.38. The Morgan fingerprint density at radius 3 is 2.46 bits per heavy atom. The summed E-state index contributed by atoms with van der Waals surface area (Å²) in [5.74, 6) is 0. The second kappa shape index (κ2) is 6.30. The molecule has 1 aliphatic heterocycles. The maximum atomic E-state index is 11.0. The first-order chi connectivity index (χ1) is 11.7. The number of likely N-dealkylation sites (tertiary alicyclic amines) is 1. The highest BCUT2D eigenvalue weighted by molar-refractivity contribution is 5.20. The second-order valence-electron chi connectivity index (χ2n) is 7.72. The minimum absolute atomic E-state index is 0.406. The molecule has 126 valence electrons. The van der Waals surface area contributed by atoms with Gasteiger partial charge < -0.3 is 5.11 Å². The molecule has 1 spiro atoms. The molecule has 2 aromatic rings. The molecule has 3 heteroatoms. The Morgan fingerprint density at radius 1 is 0.958 bits per heavy atom. The molecule has 0 bridgehead atoms. The van der Waals surface area contributed by atoms with Crippen LogP contribution in [0.3, 0.4) is 0 Å². The largest absolute Gasteiger partial charge is 0.385 e. The third kappa shape index (κ3) is 3.11. The summed E-state index contributed by atoms with van der Waals surface area (Å²) in [6.45, 7) is 3.40. The Morgan fingerprint density at radius 2 is 1.75 bits per heavy atom. The topological polar surface area (TPSA) is 36.4 Å². The lowest BCUT2D eigenvalue weighted by atomic mass is 9.66. The minimum Gasteiger partial charge on any atom is -0.385 e. The van der Waals surface area contributed by atoms with Gasteiger partial charge in [-0.1, -0.05) is 36.4 Å².